The smallest absolute Gasteiger partial charge is 0.106 e. The Morgan fingerprint density at radius 2 is 2.12 bits per heavy atom. The molecule has 0 spiro atoms. The van der Waals surface area contributed by atoms with E-state index in [-0.39, 0.29) is 6.42 Å². The molecule has 3 N–H and O–H groups in total. The van der Waals surface area contributed by atoms with E-state index in [0.29, 0.717) is 5.56 Å². The molecule has 82 valence electrons. The van der Waals surface area contributed by atoms with Gasteiger partial charge < -0.3 is 15.2 Å². The summed E-state index contributed by atoms with van der Waals surface area (Å²) in [6.07, 6.45) is -0.320. The summed E-state index contributed by atoms with van der Waals surface area (Å²) >= 11 is 0. The van der Waals surface area contributed by atoms with Crippen molar-refractivity contribution in [1.29, 1.82) is 5.26 Å². The van der Waals surface area contributed by atoms with Gasteiger partial charge in [-0.25, -0.2) is 0 Å². The maximum atomic E-state index is 9.81. The largest absolute Gasteiger partial charge is 0.389 e. The van der Waals surface area contributed by atoms with Crippen LogP contribution in [0.1, 0.15) is 18.1 Å². The van der Waals surface area contributed by atoms with Crippen LogP contribution >= 0.6 is 0 Å². The molecule has 0 amide bonds. The molecule has 0 fully saturated rings. The third-order valence-electron chi connectivity index (χ3n) is 2.58. The Labute approximate surface area is 92.8 Å². The number of benzene rings is 1. The van der Waals surface area contributed by atoms with Crippen LogP contribution in [0.2, 0.25) is 0 Å². The fourth-order valence-electron chi connectivity index (χ4n) is 1.68. The van der Waals surface area contributed by atoms with Crippen LogP contribution < -0.4 is 0 Å². The lowest BCUT2D eigenvalue weighted by molar-refractivity contribution is 0.0217. The predicted molar refractivity (Wildman–Crippen MR) is 59.5 cm³/mol. The number of nitriles is 1. The number of nitrogens with one attached hydrogen (secondary N) is 1. The lowest BCUT2D eigenvalue weighted by Crippen LogP contribution is -2.17. The van der Waals surface area contributed by atoms with Gasteiger partial charge >= 0.3 is 0 Å². The molecule has 0 aliphatic carbocycles. The van der Waals surface area contributed by atoms with E-state index < -0.39 is 12.2 Å². The maximum Gasteiger partial charge on any atom is 0.106 e. The van der Waals surface area contributed by atoms with Crippen molar-refractivity contribution in [3.63, 3.8) is 0 Å². The first-order valence-corrected chi connectivity index (χ1v) is 5.02. The van der Waals surface area contributed by atoms with Crippen LogP contribution in [0.5, 0.6) is 0 Å². The molecule has 0 saturated heterocycles. The molecule has 0 bridgehead atoms. The monoisotopic (exact) mass is 216 g/mol. The molecule has 4 heteroatoms. The number of H-pyrrole nitrogens is 1. The minimum Gasteiger partial charge on any atom is -0.389 e. The number of rotatable bonds is 3. The molecule has 1 aromatic heterocycles. The van der Waals surface area contributed by atoms with Crippen molar-refractivity contribution in [1.82, 2.24) is 4.98 Å². The number of aromatic nitrogens is 1. The number of fused-ring (bicyclic) bond motifs is 1. The van der Waals surface area contributed by atoms with E-state index in [4.69, 9.17) is 5.26 Å². The van der Waals surface area contributed by atoms with Gasteiger partial charge in [0.1, 0.15) is 6.10 Å². The van der Waals surface area contributed by atoms with Crippen molar-refractivity contribution in [2.24, 2.45) is 0 Å². The predicted octanol–water partition coefficient (Wildman–Crippen LogP) is 1.48. The minimum atomic E-state index is -1.04. The molecule has 16 heavy (non-hydrogen) atoms. The van der Waals surface area contributed by atoms with Crippen molar-refractivity contribution < 1.29 is 10.2 Å². The van der Waals surface area contributed by atoms with E-state index >= 15 is 0 Å². The summed E-state index contributed by atoms with van der Waals surface area (Å²) in [5.41, 5.74) is 1.60. The summed E-state index contributed by atoms with van der Waals surface area (Å²) in [5, 5.41) is 28.7. The third-order valence-corrected chi connectivity index (χ3v) is 2.58. The van der Waals surface area contributed by atoms with E-state index in [2.05, 4.69) is 4.98 Å². The van der Waals surface area contributed by atoms with Gasteiger partial charge in [-0.2, -0.15) is 5.26 Å². The molecule has 2 atom stereocenters. The van der Waals surface area contributed by atoms with E-state index in [1.165, 1.54) is 0 Å². The standard InChI is InChI=1S/C12H12N2O2/c13-5-3-11(15)12(16)9-1-2-10-8(7-9)4-6-14-10/h1-2,4,6-7,11-12,14-16H,3H2. The zero-order valence-corrected chi connectivity index (χ0v) is 8.59. The first-order valence-electron chi connectivity index (χ1n) is 5.02. The van der Waals surface area contributed by atoms with Gasteiger partial charge in [-0.15, -0.1) is 0 Å². The summed E-state index contributed by atoms with van der Waals surface area (Å²) < 4.78 is 0. The molecule has 2 aromatic rings. The fourth-order valence-corrected chi connectivity index (χ4v) is 1.68. The van der Waals surface area contributed by atoms with Gasteiger partial charge in [-0.3, -0.25) is 0 Å². The molecular formula is C12H12N2O2. The second kappa shape index (κ2) is 4.35. The topological polar surface area (TPSA) is 80.0 Å². The van der Waals surface area contributed by atoms with Crippen molar-refractivity contribution in [3.8, 4) is 6.07 Å². The quantitative estimate of drug-likeness (QED) is 0.726. The van der Waals surface area contributed by atoms with E-state index in [1.54, 1.807) is 12.1 Å². The van der Waals surface area contributed by atoms with Crippen LogP contribution in [0, 0.1) is 11.3 Å². The van der Waals surface area contributed by atoms with Crippen LogP contribution in [0.15, 0.2) is 30.5 Å². The minimum absolute atomic E-state index is 0.0770. The van der Waals surface area contributed by atoms with Gasteiger partial charge in [0.05, 0.1) is 18.6 Å². The van der Waals surface area contributed by atoms with Gasteiger partial charge in [0.15, 0.2) is 0 Å². The average Bonchev–Trinajstić information content (AvgIpc) is 2.75. The Morgan fingerprint density at radius 3 is 2.88 bits per heavy atom. The lowest BCUT2D eigenvalue weighted by Gasteiger charge is -2.15. The number of aliphatic hydroxyl groups is 2. The number of aliphatic hydroxyl groups excluding tert-OH is 2. The lowest BCUT2D eigenvalue weighted by atomic mass is 10.0. The Hall–Kier alpha value is -1.83. The van der Waals surface area contributed by atoms with Crippen LogP contribution in [-0.2, 0) is 0 Å². The molecule has 0 radical (unpaired) electrons. The first kappa shape index (κ1) is 10.7. The third kappa shape index (κ3) is 1.91. The van der Waals surface area contributed by atoms with Crippen molar-refractivity contribution in [2.75, 3.05) is 0 Å². The molecule has 1 heterocycles. The summed E-state index contributed by atoms with van der Waals surface area (Å²) in [6.45, 7) is 0. The molecule has 2 rings (SSSR count). The number of nitrogens with zero attached hydrogens (tertiary/aromatic N) is 1. The van der Waals surface area contributed by atoms with Crippen LogP contribution in [0.3, 0.4) is 0 Å². The Bertz CT molecular complexity index is 527. The summed E-state index contributed by atoms with van der Waals surface area (Å²) in [7, 11) is 0. The fraction of sp³-hybridized carbons (Fsp3) is 0.250. The molecule has 0 aliphatic heterocycles. The Balaban J connectivity index is 2.29. The zero-order chi connectivity index (χ0) is 11.5. The maximum absolute atomic E-state index is 9.81. The van der Waals surface area contributed by atoms with Crippen LogP contribution in [0.25, 0.3) is 10.9 Å². The first-order chi connectivity index (χ1) is 7.72. The second-order valence-corrected chi connectivity index (χ2v) is 3.70. The molecule has 2 unspecified atom stereocenters. The zero-order valence-electron chi connectivity index (χ0n) is 8.59. The van der Waals surface area contributed by atoms with Crippen molar-refractivity contribution in [2.45, 2.75) is 18.6 Å². The van der Waals surface area contributed by atoms with Gasteiger partial charge in [0.2, 0.25) is 0 Å². The molecule has 4 nitrogen and oxygen atoms in total. The van der Waals surface area contributed by atoms with Crippen LogP contribution in [-0.4, -0.2) is 21.3 Å². The van der Waals surface area contributed by atoms with Crippen molar-refractivity contribution >= 4 is 10.9 Å². The number of hydrogen-bond donors (Lipinski definition) is 3. The molecule has 0 saturated carbocycles. The van der Waals surface area contributed by atoms with Gasteiger partial charge in [0, 0.05) is 11.7 Å². The normalized spacial score (nSPS) is 14.6. The van der Waals surface area contributed by atoms with Gasteiger partial charge in [0.25, 0.3) is 0 Å². The van der Waals surface area contributed by atoms with E-state index in [1.807, 2.05) is 24.4 Å². The highest BCUT2D eigenvalue weighted by atomic mass is 16.3. The molecule has 1 aromatic carbocycles. The molecular weight excluding hydrogens is 204 g/mol. The van der Waals surface area contributed by atoms with Gasteiger partial charge in [-0.05, 0) is 29.1 Å². The van der Waals surface area contributed by atoms with Crippen molar-refractivity contribution in [3.05, 3.63) is 36.0 Å². The second-order valence-electron chi connectivity index (χ2n) is 3.70. The van der Waals surface area contributed by atoms with Crippen LogP contribution in [0.4, 0.5) is 0 Å². The SMILES string of the molecule is N#CCC(O)C(O)c1ccc2[nH]ccc2c1. The summed E-state index contributed by atoms with van der Waals surface area (Å²) in [6, 6.07) is 9.11. The summed E-state index contributed by atoms with van der Waals surface area (Å²) in [4.78, 5) is 3.04. The Kier molecular flexibility index (Phi) is 2.91. The molecule has 0 aliphatic rings. The average molecular weight is 216 g/mol. The highest BCUT2D eigenvalue weighted by Crippen LogP contribution is 2.22. The van der Waals surface area contributed by atoms with E-state index in [9.17, 15) is 10.2 Å². The number of hydrogen-bond acceptors (Lipinski definition) is 3. The van der Waals surface area contributed by atoms with E-state index in [0.717, 1.165) is 10.9 Å². The Morgan fingerprint density at radius 1 is 1.31 bits per heavy atom. The highest BCUT2D eigenvalue weighted by molar-refractivity contribution is 5.80. The number of aromatic amines is 1. The van der Waals surface area contributed by atoms with Gasteiger partial charge in [-0.1, -0.05) is 6.07 Å². The summed E-state index contributed by atoms with van der Waals surface area (Å²) in [5.74, 6) is 0. The highest BCUT2D eigenvalue weighted by Gasteiger charge is 2.18.